The van der Waals surface area contributed by atoms with Crippen LogP contribution in [0.5, 0.6) is 11.5 Å². The molecular weight excluding hydrogens is 547 g/mol. The van der Waals surface area contributed by atoms with Gasteiger partial charge in [-0.25, -0.2) is 9.79 Å². The fourth-order valence-corrected chi connectivity index (χ4v) is 5.34. The highest BCUT2D eigenvalue weighted by Crippen LogP contribution is 2.36. The number of allylic oxidation sites excluding steroid dienone is 1. The number of methoxy groups -OCH3 is 1. The summed E-state index contributed by atoms with van der Waals surface area (Å²) in [6, 6.07) is 9.53. The molecule has 0 fully saturated rings. The Hall–Kier alpha value is -3.59. The summed E-state index contributed by atoms with van der Waals surface area (Å²) in [6.07, 6.45) is 4.81. The minimum atomic E-state index is -0.818. The van der Waals surface area contributed by atoms with Gasteiger partial charge < -0.3 is 14.2 Å². The van der Waals surface area contributed by atoms with Gasteiger partial charge in [0.05, 0.1) is 39.0 Å². The number of benzene rings is 2. The number of ether oxygens (including phenoxy) is 3. The number of hydrogen-bond acceptors (Lipinski definition) is 7. The highest BCUT2D eigenvalue weighted by molar-refractivity contribution is 7.07. The molecule has 1 aromatic heterocycles. The second kappa shape index (κ2) is 11.9. The van der Waals surface area contributed by atoms with Gasteiger partial charge in [-0.1, -0.05) is 72.0 Å². The Morgan fingerprint density at radius 2 is 1.87 bits per heavy atom. The van der Waals surface area contributed by atoms with Crippen LogP contribution in [0.1, 0.15) is 24.1 Å². The topological polar surface area (TPSA) is 79.1 Å². The standard InChI is InChI=1S/C28H24Cl2N2O5S/c1-5-11-36-21-10-8-18(15-22(21)35-4)25-24(27(34)37-12-6-2)16(3)31-28-32(25)26(33)23(38-28)14-17-7-9-19(29)20(30)13-17/h5-10,13-15,25H,1-2,11-12H2,3-4H3. The molecule has 1 aliphatic rings. The van der Waals surface area contributed by atoms with Crippen LogP contribution in [0, 0.1) is 0 Å². The molecule has 3 aromatic rings. The van der Waals surface area contributed by atoms with Crippen molar-refractivity contribution in [3.8, 4) is 11.5 Å². The van der Waals surface area contributed by atoms with Crippen molar-refractivity contribution in [2.75, 3.05) is 20.3 Å². The third-order valence-electron chi connectivity index (χ3n) is 5.68. The second-order valence-electron chi connectivity index (χ2n) is 8.15. The van der Waals surface area contributed by atoms with E-state index in [0.29, 0.717) is 47.7 Å². The predicted octanol–water partition coefficient (Wildman–Crippen LogP) is 4.84. The van der Waals surface area contributed by atoms with Crippen LogP contribution in [-0.2, 0) is 9.53 Å². The SMILES string of the molecule is C=CCOC(=O)C1=C(C)N=c2sc(=Cc3ccc(Cl)c(Cl)c3)c(=O)n2C1c1ccc(OCC=C)c(OC)c1. The third-order valence-corrected chi connectivity index (χ3v) is 7.40. The molecule has 2 heterocycles. The fraction of sp³-hybridized carbons (Fsp3) is 0.179. The summed E-state index contributed by atoms with van der Waals surface area (Å²) in [4.78, 5) is 32.0. The number of carbonyl (C=O) groups excluding carboxylic acids is 1. The smallest absolute Gasteiger partial charge is 0.338 e. The average Bonchev–Trinajstić information content (AvgIpc) is 3.21. The fourth-order valence-electron chi connectivity index (χ4n) is 3.99. The molecule has 0 bridgehead atoms. The number of carbonyl (C=O) groups is 1. The number of halogens is 2. The van der Waals surface area contributed by atoms with Crippen LogP contribution < -0.4 is 24.4 Å². The Labute approximate surface area is 233 Å². The maximum atomic E-state index is 13.8. The molecule has 10 heteroatoms. The maximum absolute atomic E-state index is 13.8. The number of fused-ring (bicyclic) bond motifs is 1. The summed E-state index contributed by atoms with van der Waals surface area (Å²) in [6.45, 7) is 9.29. The van der Waals surface area contributed by atoms with Gasteiger partial charge in [-0.05, 0) is 48.4 Å². The van der Waals surface area contributed by atoms with Crippen LogP contribution in [0.2, 0.25) is 10.0 Å². The van der Waals surface area contributed by atoms with E-state index in [9.17, 15) is 9.59 Å². The van der Waals surface area contributed by atoms with E-state index in [2.05, 4.69) is 18.2 Å². The lowest BCUT2D eigenvalue weighted by Crippen LogP contribution is -2.40. The van der Waals surface area contributed by atoms with Crippen LogP contribution in [0.4, 0.5) is 0 Å². The van der Waals surface area contributed by atoms with Gasteiger partial charge in [0, 0.05) is 0 Å². The Morgan fingerprint density at radius 3 is 2.55 bits per heavy atom. The van der Waals surface area contributed by atoms with Crippen molar-refractivity contribution >= 4 is 46.6 Å². The molecule has 2 aromatic carbocycles. The summed E-state index contributed by atoms with van der Waals surface area (Å²) in [5.74, 6) is 0.344. The van der Waals surface area contributed by atoms with Crippen LogP contribution in [0.3, 0.4) is 0 Å². The summed E-state index contributed by atoms with van der Waals surface area (Å²) in [5.41, 5.74) is 1.68. The molecule has 4 rings (SSSR count). The van der Waals surface area contributed by atoms with Gasteiger partial charge in [0.1, 0.15) is 13.2 Å². The first-order valence-electron chi connectivity index (χ1n) is 11.5. The molecule has 1 atom stereocenters. The lowest BCUT2D eigenvalue weighted by atomic mass is 9.95. The maximum Gasteiger partial charge on any atom is 0.338 e. The molecule has 0 amide bonds. The molecular formula is C28H24Cl2N2O5S. The second-order valence-corrected chi connectivity index (χ2v) is 9.98. The quantitative estimate of drug-likeness (QED) is 0.271. The van der Waals surface area contributed by atoms with Crippen molar-refractivity contribution in [2.45, 2.75) is 13.0 Å². The highest BCUT2D eigenvalue weighted by Gasteiger charge is 2.34. The van der Waals surface area contributed by atoms with Gasteiger partial charge >= 0.3 is 5.97 Å². The van der Waals surface area contributed by atoms with Gasteiger partial charge in [-0.2, -0.15) is 0 Å². The molecule has 0 aliphatic carbocycles. The Balaban J connectivity index is 1.93. The van der Waals surface area contributed by atoms with Crippen molar-refractivity contribution in [3.05, 3.63) is 114 Å². The minimum Gasteiger partial charge on any atom is -0.493 e. The van der Waals surface area contributed by atoms with E-state index in [1.165, 1.54) is 29.1 Å². The number of nitrogens with zero attached hydrogens (tertiary/aromatic N) is 2. The highest BCUT2D eigenvalue weighted by atomic mass is 35.5. The molecule has 0 N–H and O–H groups in total. The molecule has 38 heavy (non-hydrogen) atoms. The van der Waals surface area contributed by atoms with E-state index in [1.807, 2.05) is 0 Å². The first-order chi connectivity index (χ1) is 18.3. The summed E-state index contributed by atoms with van der Waals surface area (Å²) in [5, 5.41) is 0.790. The van der Waals surface area contributed by atoms with Gasteiger partial charge in [-0.3, -0.25) is 9.36 Å². The van der Waals surface area contributed by atoms with Gasteiger partial charge in [-0.15, -0.1) is 0 Å². The van der Waals surface area contributed by atoms with E-state index in [4.69, 9.17) is 37.4 Å². The first-order valence-corrected chi connectivity index (χ1v) is 13.0. The van der Waals surface area contributed by atoms with Crippen molar-refractivity contribution in [1.82, 2.24) is 4.57 Å². The lowest BCUT2D eigenvalue weighted by molar-refractivity contribution is -0.138. The molecule has 1 unspecified atom stereocenters. The Bertz CT molecular complexity index is 1640. The molecule has 7 nitrogen and oxygen atoms in total. The van der Waals surface area contributed by atoms with Crippen molar-refractivity contribution in [2.24, 2.45) is 4.99 Å². The monoisotopic (exact) mass is 570 g/mol. The normalized spacial score (nSPS) is 14.9. The lowest BCUT2D eigenvalue weighted by Gasteiger charge is -2.25. The number of rotatable bonds is 9. The molecule has 0 saturated carbocycles. The molecule has 1 aliphatic heterocycles. The molecule has 0 spiro atoms. The van der Waals surface area contributed by atoms with Crippen molar-refractivity contribution in [1.29, 1.82) is 0 Å². The van der Waals surface area contributed by atoms with E-state index >= 15 is 0 Å². The zero-order chi connectivity index (χ0) is 27.4. The van der Waals surface area contributed by atoms with Gasteiger partial charge in [0.25, 0.3) is 5.56 Å². The van der Waals surface area contributed by atoms with Crippen LogP contribution in [0.25, 0.3) is 6.08 Å². The first kappa shape index (κ1) is 27.4. The van der Waals surface area contributed by atoms with Gasteiger partial charge in [0.15, 0.2) is 16.3 Å². The summed E-state index contributed by atoms with van der Waals surface area (Å²) >= 11 is 13.4. The number of hydrogen-bond donors (Lipinski definition) is 0. The minimum absolute atomic E-state index is 0.0156. The Morgan fingerprint density at radius 1 is 1.11 bits per heavy atom. The van der Waals surface area contributed by atoms with Crippen molar-refractivity contribution in [3.63, 3.8) is 0 Å². The third kappa shape index (κ3) is 5.48. The molecule has 0 radical (unpaired) electrons. The van der Waals surface area contributed by atoms with E-state index in [0.717, 1.165) is 0 Å². The van der Waals surface area contributed by atoms with Crippen LogP contribution in [-0.4, -0.2) is 30.9 Å². The van der Waals surface area contributed by atoms with E-state index < -0.39 is 12.0 Å². The zero-order valence-corrected chi connectivity index (χ0v) is 23.0. The molecule has 196 valence electrons. The summed E-state index contributed by atoms with van der Waals surface area (Å²) < 4.78 is 18.5. The van der Waals surface area contributed by atoms with Crippen molar-refractivity contribution < 1.29 is 19.0 Å². The Kier molecular flexibility index (Phi) is 8.56. The average molecular weight is 571 g/mol. The number of esters is 1. The largest absolute Gasteiger partial charge is 0.493 e. The molecule has 0 saturated heterocycles. The summed E-state index contributed by atoms with van der Waals surface area (Å²) in [7, 11) is 1.52. The van der Waals surface area contributed by atoms with E-state index in [-0.39, 0.29) is 24.3 Å². The number of aromatic nitrogens is 1. The van der Waals surface area contributed by atoms with Crippen LogP contribution >= 0.6 is 34.5 Å². The predicted molar refractivity (Wildman–Crippen MR) is 150 cm³/mol. The van der Waals surface area contributed by atoms with E-state index in [1.54, 1.807) is 55.5 Å². The van der Waals surface area contributed by atoms with Crippen LogP contribution in [0.15, 0.2) is 82.8 Å². The zero-order valence-electron chi connectivity index (χ0n) is 20.7. The number of thiazole rings is 1. The van der Waals surface area contributed by atoms with Gasteiger partial charge in [0.2, 0.25) is 0 Å².